The first-order chi connectivity index (χ1) is 12.3. The average Bonchev–Trinajstić information content (AvgIpc) is 2.62. The van der Waals surface area contributed by atoms with E-state index in [1.165, 1.54) is 37.4 Å². The number of hydrogen-bond donors (Lipinski definition) is 1. The van der Waals surface area contributed by atoms with E-state index in [2.05, 4.69) is 36.5 Å². The van der Waals surface area contributed by atoms with Gasteiger partial charge in [-0.1, -0.05) is 35.9 Å². The van der Waals surface area contributed by atoms with Gasteiger partial charge in [-0.25, -0.2) is 12.7 Å². The molecule has 0 atom stereocenters. The fourth-order valence-electron chi connectivity index (χ4n) is 2.22. The zero-order chi connectivity index (χ0) is 19.2. The summed E-state index contributed by atoms with van der Waals surface area (Å²) in [5.74, 6) is 1.42. The lowest BCUT2D eigenvalue weighted by Gasteiger charge is -2.12. The van der Waals surface area contributed by atoms with Crippen LogP contribution in [0.4, 0.5) is 0 Å². The van der Waals surface area contributed by atoms with Crippen molar-refractivity contribution in [3.05, 3.63) is 65.2 Å². The standard InChI is InChI=1S/C19H24N2O3S2/c1-15-7-9-16(10-8-15)14-25-12-11-20-19(22)17-5-4-6-18(13-17)26(23,24)21(2)3/h4-10,13H,11-12,14H2,1-3H3,(H,20,22). The van der Waals surface area contributed by atoms with Gasteiger partial charge in [-0.15, -0.1) is 0 Å². The minimum atomic E-state index is -3.55. The summed E-state index contributed by atoms with van der Waals surface area (Å²) in [6.07, 6.45) is 0. The van der Waals surface area contributed by atoms with E-state index < -0.39 is 10.0 Å². The van der Waals surface area contributed by atoms with E-state index >= 15 is 0 Å². The predicted molar refractivity (Wildman–Crippen MR) is 107 cm³/mol. The molecule has 0 spiro atoms. The number of benzene rings is 2. The Morgan fingerprint density at radius 1 is 1.12 bits per heavy atom. The number of nitrogens with zero attached hydrogens (tertiary/aromatic N) is 1. The third kappa shape index (κ3) is 5.59. The highest BCUT2D eigenvalue weighted by Crippen LogP contribution is 2.15. The Hall–Kier alpha value is -1.83. The SMILES string of the molecule is Cc1ccc(CSCCNC(=O)c2cccc(S(=O)(=O)N(C)C)c2)cc1. The summed E-state index contributed by atoms with van der Waals surface area (Å²) in [4.78, 5) is 12.4. The van der Waals surface area contributed by atoms with E-state index in [1.54, 1.807) is 23.9 Å². The first-order valence-electron chi connectivity index (χ1n) is 8.25. The number of thioether (sulfide) groups is 1. The molecule has 0 saturated carbocycles. The third-order valence-electron chi connectivity index (χ3n) is 3.80. The van der Waals surface area contributed by atoms with Crippen LogP contribution in [-0.2, 0) is 15.8 Å². The van der Waals surface area contributed by atoms with Crippen LogP contribution < -0.4 is 5.32 Å². The molecule has 140 valence electrons. The van der Waals surface area contributed by atoms with Gasteiger partial charge in [0, 0.05) is 37.7 Å². The molecule has 0 bridgehead atoms. The van der Waals surface area contributed by atoms with Crippen LogP contribution in [0.5, 0.6) is 0 Å². The second kappa shape index (κ2) is 9.21. The molecule has 2 aromatic rings. The minimum Gasteiger partial charge on any atom is -0.351 e. The number of aryl methyl sites for hydroxylation is 1. The zero-order valence-electron chi connectivity index (χ0n) is 15.2. The molecule has 0 unspecified atom stereocenters. The van der Waals surface area contributed by atoms with E-state index in [1.807, 2.05) is 0 Å². The van der Waals surface area contributed by atoms with Crippen LogP contribution in [-0.4, -0.2) is 45.0 Å². The number of carbonyl (C=O) groups excluding carboxylic acids is 1. The van der Waals surface area contributed by atoms with Crippen molar-refractivity contribution < 1.29 is 13.2 Å². The molecule has 0 fully saturated rings. The maximum atomic E-state index is 12.2. The van der Waals surface area contributed by atoms with Crippen molar-refractivity contribution in [3.8, 4) is 0 Å². The minimum absolute atomic E-state index is 0.115. The van der Waals surface area contributed by atoms with Crippen LogP contribution in [0.25, 0.3) is 0 Å². The van der Waals surface area contributed by atoms with Gasteiger partial charge in [-0.05, 0) is 30.7 Å². The van der Waals surface area contributed by atoms with Crippen LogP contribution in [0.15, 0.2) is 53.4 Å². The van der Waals surface area contributed by atoms with E-state index in [-0.39, 0.29) is 10.8 Å². The molecule has 0 aromatic heterocycles. The number of hydrogen-bond acceptors (Lipinski definition) is 4. The predicted octanol–water partition coefficient (Wildman–Crippen LogP) is 2.91. The monoisotopic (exact) mass is 392 g/mol. The van der Waals surface area contributed by atoms with Crippen LogP contribution >= 0.6 is 11.8 Å². The number of amides is 1. The second-order valence-corrected chi connectivity index (χ2v) is 9.37. The van der Waals surface area contributed by atoms with Crippen molar-refractivity contribution in [3.63, 3.8) is 0 Å². The number of nitrogens with one attached hydrogen (secondary N) is 1. The third-order valence-corrected chi connectivity index (χ3v) is 6.64. The van der Waals surface area contributed by atoms with Gasteiger partial charge in [0.2, 0.25) is 10.0 Å². The van der Waals surface area contributed by atoms with Gasteiger partial charge in [0.1, 0.15) is 0 Å². The molecule has 0 aliphatic heterocycles. The highest BCUT2D eigenvalue weighted by atomic mass is 32.2. The molecule has 5 nitrogen and oxygen atoms in total. The van der Waals surface area contributed by atoms with E-state index in [0.29, 0.717) is 12.1 Å². The maximum absolute atomic E-state index is 12.2. The quantitative estimate of drug-likeness (QED) is 0.702. The smallest absolute Gasteiger partial charge is 0.251 e. The summed E-state index contributed by atoms with van der Waals surface area (Å²) in [7, 11) is -0.615. The Morgan fingerprint density at radius 3 is 2.46 bits per heavy atom. The molecule has 26 heavy (non-hydrogen) atoms. The highest BCUT2D eigenvalue weighted by molar-refractivity contribution is 7.98. The van der Waals surface area contributed by atoms with Gasteiger partial charge in [-0.3, -0.25) is 4.79 Å². The van der Waals surface area contributed by atoms with Gasteiger partial charge in [-0.2, -0.15) is 11.8 Å². The van der Waals surface area contributed by atoms with Crippen LogP contribution in [0, 0.1) is 6.92 Å². The molecule has 0 aliphatic rings. The Bertz CT molecular complexity index is 847. The van der Waals surface area contributed by atoms with Crippen molar-refractivity contribution >= 4 is 27.7 Å². The normalized spacial score (nSPS) is 11.5. The largest absolute Gasteiger partial charge is 0.351 e. The van der Waals surface area contributed by atoms with Crippen molar-refractivity contribution in [2.45, 2.75) is 17.6 Å². The first kappa shape index (κ1) is 20.5. The Labute approximate surface area is 159 Å². The summed E-state index contributed by atoms with van der Waals surface area (Å²) < 4.78 is 25.4. The maximum Gasteiger partial charge on any atom is 0.251 e. The van der Waals surface area contributed by atoms with Crippen LogP contribution in [0.1, 0.15) is 21.5 Å². The fraction of sp³-hybridized carbons (Fsp3) is 0.316. The summed E-state index contributed by atoms with van der Waals surface area (Å²) in [6, 6.07) is 14.5. The van der Waals surface area contributed by atoms with Crippen LogP contribution in [0.3, 0.4) is 0 Å². The topological polar surface area (TPSA) is 66.5 Å². The summed E-state index contributed by atoms with van der Waals surface area (Å²) in [5.41, 5.74) is 2.84. The molecule has 0 radical (unpaired) electrons. The molecule has 2 rings (SSSR count). The van der Waals surface area contributed by atoms with Crippen molar-refractivity contribution in [2.75, 3.05) is 26.4 Å². The van der Waals surface area contributed by atoms with Crippen molar-refractivity contribution in [2.24, 2.45) is 0 Å². The Morgan fingerprint density at radius 2 is 1.81 bits per heavy atom. The van der Waals surface area contributed by atoms with Gasteiger partial charge in [0.25, 0.3) is 5.91 Å². The molecule has 0 saturated heterocycles. The van der Waals surface area contributed by atoms with Gasteiger partial charge >= 0.3 is 0 Å². The molecule has 0 aliphatic carbocycles. The zero-order valence-corrected chi connectivity index (χ0v) is 16.9. The van der Waals surface area contributed by atoms with Crippen molar-refractivity contribution in [1.29, 1.82) is 0 Å². The van der Waals surface area contributed by atoms with Gasteiger partial charge in [0.05, 0.1) is 4.90 Å². The average molecular weight is 393 g/mol. The Balaban J connectivity index is 1.83. The first-order valence-corrected chi connectivity index (χ1v) is 10.8. The lowest BCUT2D eigenvalue weighted by Crippen LogP contribution is -2.26. The molecule has 0 heterocycles. The van der Waals surface area contributed by atoms with Crippen molar-refractivity contribution in [1.82, 2.24) is 9.62 Å². The van der Waals surface area contributed by atoms with Gasteiger partial charge < -0.3 is 5.32 Å². The fourth-order valence-corrected chi connectivity index (χ4v) is 3.99. The summed E-state index contributed by atoms with van der Waals surface area (Å²) >= 11 is 1.74. The highest BCUT2D eigenvalue weighted by Gasteiger charge is 2.18. The number of rotatable bonds is 8. The molecule has 7 heteroatoms. The molecular formula is C19H24N2O3S2. The Kier molecular flexibility index (Phi) is 7.25. The molecule has 2 aromatic carbocycles. The van der Waals surface area contributed by atoms with E-state index in [9.17, 15) is 13.2 Å². The molecule has 1 amide bonds. The molecule has 1 N–H and O–H groups in total. The summed E-state index contributed by atoms with van der Waals surface area (Å²) in [5, 5.41) is 2.83. The number of carbonyl (C=O) groups is 1. The van der Waals surface area contributed by atoms with E-state index in [0.717, 1.165) is 15.8 Å². The molecular weight excluding hydrogens is 368 g/mol. The van der Waals surface area contributed by atoms with Gasteiger partial charge in [0.15, 0.2) is 0 Å². The van der Waals surface area contributed by atoms with E-state index in [4.69, 9.17) is 0 Å². The summed E-state index contributed by atoms with van der Waals surface area (Å²) in [6.45, 7) is 2.59. The number of sulfonamides is 1. The lowest BCUT2D eigenvalue weighted by atomic mass is 10.2. The van der Waals surface area contributed by atoms with Crippen LogP contribution in [0.2, 0.25) is 0 Å². The lowest BCUT2D eigenvalue weighted by molar-refractivity contribution is 0.0956. The second-order valence-electron chi connectivity index (χ2n) is 6.11.